The molecule has 0 aromatic heterocycles. The molecule has 1 heterocycles. The van der Waals surface area contributed by atoms with E-state index in [1.165, 1.54) is 30.9 Å². The fraction of sp³-hybridized carbons (Fsp3) is 1.00. The molecule has 0 aromatic carbocycles. The van der Waals surface area contributed by atoms with Gasteiger partial charge in [-0.25, -0.2) is 0 Å². The number of hydrogen-bond acceptors (Lipinski definition) is 2. The van der Waals surface area contributed by atoms with Crippen LogP contribution in [-0.4, -0.2) is 24.1 Å². The van der Waals surface area contributed by atoms with Gasteiger partial charge in [-0.2, -0.15) is 11.8 Å². The van der Waals surface area contributed by atoms with E-state index >= 15 is 0 Å². The maximum absolute atomic E-state index is 3.71. The molecule has 1 fully saturated rings. The maximum Gasteiger partial charge on any atom is 0.0163 e. The van der Waals surface area contributed by atoms with Crippen LogP contribution in [0.25, 0.3) is 0 Å². The van der Waals surface area contributed by atoms with E-state index in [1.807, 2.05) is 0 Å². The van der Waals surface area contributed by atoms with E-state index in [0.717, 1.165) is 12.0 Å². The van der Waals surface area contributed by atoms with Crippen molar-refractivity contribution in [1.82, 2.24) is 5.32 Å². The highest BCUT2D eigenvalue weighted by Crippen LogP contribution is 2.33. The monoisotopic (exact) mass is 215 g/mol. The first-order chi connectivity index (χ1) is 6.53. The SMILES string of the molecule is CCC(C)CNC1CSCC(C)(C)C1. The summed E-state index contributed by atoms with van der Waals surface area (Å²) < 4.78 is 0. The minimum Gasteiger partial charge on any atom is -0.313 e. The Morgan fingerprint density at radius 3 is 2.79 bits per heavy atom. The third-order valence-corrected chi connectivity index (χ3v) is 4.69. The standard InChI is InChI=1S/C12H25NS/c1-5-10(2)7-13-11-6-12(3,4)9-14-8-11/h10-11,13H,5-9H2,1-4H3. The van der Waals surface area contributed by atoms with E-state index in [2.05, 4.69) is 44.8 Å². The molecule has 14 heavy (non-hydrogen) atoms. The Labute approximate surface area is 93.4 Å². The van der Waals surface area contributed by atoms with Gasteiger partial charge in [0.25, 0.3) is 0 Å². The molecule has 1 aliphatic rings. The normalized spacial score (nSPS) is 28.7. The van der Waals surface area contributed by atoms with Gasteiger partial charge in [0.15, 0.2) is 0 Å². The van der Waals surface area contributed by atoms with Crippen LogP contribution in [0.1, 0.15) is 40.5 Å². The number of nitrogens with one attached hydrogen (secondary N) is 1. The van der Waals surface area contributed by atoms with Gasteiger partial charge in [-0.15, -0.1) is 0 Å². The lowest BCUT2D eigenvalue weighted by atomic mass is 9.87. The second kappa shape index (κ2) is 5.41. The van der Waals surface area contributed by atoms with Crippen LogP contribution in [0.4, 0.5) is 0 Å². The summed E-state index contributed by atoms with van der Waals surface area (Å²) in [5, 5.41) is 3.71. The molecule has 1 N–H and O–H groups in total. The fourth-order valence-electron chi connectivity index (χ4n) is 1.91. The zero-order chi connectivity index (χ0) is 10.6. The smallest absolute Gasteiger partial charge is 0.0163 e. The van der Waals surface area contributed by atoms with Crippen LogP contribution in [0.5, 0.6) is 0 Å². The lowest BCUT2D eigenvalue weighted by Gasteiger charge is -2.35. The molecule has 0 spiro atoms. The van der Waals surface area contributed by atoms with Crippen molar-refractivity contribution in [3.8, 4) is 0 Å². The van der Waals surface area contributed by atoms with Crippen molar-refractivity contribution in [3.05, 3.63) is 0 Å². The zero-order valence-corrected chi connectivity index (χ0v) is 10.9. The molecule has 0 aliphatic carbocycles. The van der Waals surface area contributed by atoms with E-state index < -0.39 is 0 Å². The van der Waals surface area contributed by atoms with Crippen molar-refractivity contribution >= 4 is 11.8 Å². The van der Waals surface area contributed by atoms with E-state index in [1.54, 1.807) is 0 Å². The highest BCUT2D eigenvalue weighted by molar-refractivity contribution is 7.99. The quantitative estimate of drug-likeness (QED) is 0.773. The molecular formula is C12H25NS. The predicted octanol–water partition coefficient (Wildman–Crippen LogP) is 3.15. The Hall–Kier alpha value is 0.310. The molecular weight excluding hydrogens is 190 g/mol. The summed E-state index contributed by atoms with van der Waals surface area (Å²) in [5.74, 6) is 3.46. The third-order valence-electron chi connectivity index (χ3n) is 3.06. The van der Waals surface area contributed by atoms with E-state index in [-0.39, 0.29) is 0 Å². The molecule has 84 valence electrons. The maximum atomic E-state index is 3.71. The molecule has 1 nitrogen and oxygen atoms in total. The molecule has 0 radical (unpaired) electrons. The highest BCUT2D eigenvalue weighted by Gasteiger charge is 2.27. The molecule has 1 rings (SSSR count). The second-order valence-electron chi connectivity index (χ2n) is 5.50. The number of thioether (sulfide) groups is 1. The Bertz CT molecular complexity index is 168. The minimum atomic E-state index is 0.538. The zero-order valence-electron chi connectivity index (χ0n) is 10.1. The number of hydrogen-bond donors (Lipinski definition) is 1. The van der Waals surface area contributed by atoms with Gasteiger partial charge in [-0.05, 0) is 30.1 Å². The van der Waals surface area contributed by atoms with Crippen molar-refractivity contribution in [2.45, 2.75) is 46.6 Å². The minimum absolute atomic E-state index is 0.538. The summed E-state index contributed by atoms with van der Waals surface area (Å²) in [6, 6.07) is 0.748. The topological polar surface area (TPSA) is 12.0 Å². The highest BCUT2D eigenvalue weighted by atomic mass is 32.2. The van der Waals surface area contributed by atoms with Crippen LogP contribution in [0.3, 0.4) is 0 Å². The molecule has 2 unspecified atom stereocenters. The van der Waals surface area contributed by atoms with Crippen LogP contribution in [0.15, 0.2) is 0 Å². The summed E-state index contributed by atoms with van der Waals surface area (Å²) in [6.07, 6.45) is 2.63. The fourth-order valence-corrected chi connectivity index (χ4v) is 3.21. The van der Waals surface area contributed by atoms with E-state index in [9.17, 15) is 0 Å². The molecule has 0 bridgehead atoms. The van der Waals surface area contributed by atoms with Crippen LogP contribution in [0.2, 0.25) is 0 Å². The first kappa shape index (κ1) is 12.4. The Morgan fingerprint density at radius 2 is 2.21 bits per heavy atom. The van der Waals surface area contributed by atoms with Crippen LogP contribution in [-0.2, 0) is 0 Å². The average Bonchev–Trinajstić information content (AvgIpc) is 2.12. The molecule has 2 heteroatoms. The molecule has 2 atom stereocenters. The summed E-state index contributed by atoms with van der Waals surface area (Å²) in [4.78, 5) is 0. The van der Waals surface area contributed by atoms with Crippen molar-refractivity contribution in [3.63, 3.8) is 0 Å². The molecule has 0 amide bonds. The molecule has 1 aliphatic heterocycles. The van der Waals surface area contributed by atoms with Gasteiger partial charge in [0, 0.05) is 11.8 Å². The van der Waals surface area contributed by atoms with E-state index in [4.69, 9.17) is 0 Å². The summed E-state index contributed by atoms with van der Waals surface area (Å²) in [5.41, 5.74) is 0.538. The van der Waals surface area contributed by atoms with Crippen LogP contribution >= 0.6 is 11.8 Å². The van der Waals surface area contributed by atoms with Crippen molar-refractivity contribution in [2.75, 3.05) is 18.1 Å². The first-order valence-electron chi connectivity index (χ1n) is 5.84. The number of rotatable bonds is 4. The summed E-state index contributed by atoms with van der Waals surface area (Å²) >= 11 is 2.11. The van der Waals surface area contributed by atoms with Gasteiger partial charge in [-0.3, -0.25) is 0 Å². The Balaban J connectivity index is 2.24. The largest absolute Gasteiger partial charge is 0.313 e. The van der Waals surface area contributed by atoms with Gasteiger partial charge in [0.05, 0.1) is 0 Å². The van der Waals surface area contributed by atoms with Gasteiger partial charge in [0.1, 0.15) is 0 Å². The van der Waals surface area contributed by atoms with Crippen molar-refractivity contribution in [1.29, 1.82) is 0 Å². The average molecular weight is 215 g/mol. The lowest BCUT2D eigenvalue weighted by molar-refractivity contribution is 0.308. The Kier molecular flexibility index (Phi) is 4.78. The van der Waals surface area contributed by atoms with Gasteiger partial charge in [-0.1, -0.05) is 34.1 Å². The summed E-state index contributed by atoms with van der Waals surface area (Å²) in [7, 11) is 0. The predicted molar refractivity (Wildman–Crippen MR) is 67.0 cm³/mol. The molecule has 1 saturated heterocycles. The molecule has 0 aromatic rings. The van der Waals surface area contributed by atoms with Gasteiger partial charge >= 0.3 is 0 Å². The Morgan fingerprint density at radius 1 is 1.50 bits per heavy atom. The lowest BCUT2D eigenvalue weighted by Crippen LogP contribution is -2.41. The van der Waals surface area contributed by atoms with Gasteiger partial charge < -0.3 is 5.32 Å². The van der Waals surface area contributed by atoms with Crippen molar-refractivity contribution in [2.24, 2.45) is 11.3 Å². The second-order valence-corrected chi connectivity index (χ2v) is 6.53. The summed E-state index contributed by atoms with van der Waals surface area (Å²) in [6.45, 7) is 10.6. The van der Waals surface area contributed by atoms with Crippen LogP contribution in [0, 0.1) is 11.3 Å². The van der Waals surface area contributed by atoms with Crippen LogP contribution < -0.4 is 5.32 Å². The first-order valence-corrected chi connectivity index (χ1v) is 7.00. The third kappa shape index (κ3) is 4.22. The molecule has 0 saturated carbocycles. The van der Waals surface area contributed by atoms with Crippen molar-refractivity contribution < 1.29 is 0 Å². The van der Waals surface area contributed by atoms with E-state index in [0.29, 0.717) is 5.41 Å². The van der Waals surface area contributed by atoms with Gasteiger partial charge in [0.2, 0.25) is 0 Å².